The smallest absolute Gasteiger partial charge is 0.356 e. The number of hydrogen-bond donors (Lipinski definition) is 1. The summed E-state index contributed by atoms with van der Waals surface area (Å²) in [6, 6.07) is 5.32. The second kappa shape index (κ2) is 7.65. The standard InChI is InChI=1S/C16H17F3N2O2S/c1-11-10-24-15(23)21(11)9-7-14(22)20-8-6-12-4-2-3-5-13(12)16(17,18)19/h2-5,10H,6-9H2,1H3,(H,20,22). The summed E-state index contributed by atoms with van der Waals surface area (Å²) in [4.78, 5) is 23.2. The number of nitrogens with zero attached hydrogens (tertiary/aromatic N) is 1. The number of aryl methyl sites for hydroxylation is 1. The van der Waals surface area contributed by atoms with E-state index in [4.69, 9.17) is 0 Å². The number of aromatic nitrogens is 1. The minimum Gasteiger partial charge on any atom is -0.356 e. The number of hydrogen-bond acceptors (Lipinski definition) is 3. The maximum Gasteiger partial charge on any atom is 0.416 e. The van der Waals surface area contributed by atoms with Crippen LogP contribution >= 0.6 is 11.3 Å². The number of alkyl halides is 3. The van der Waals surface area contributed by atoms with E-state index in [9.17, 15) is 22.8 Å². The molecule has 0 spiro atoms. The third kappa shape index (κ3) is 4.70. The lowest BCUT2D eigenvalue weighted by Gasteiger charge is -2.13. The van der Waals surface area contributed by atoms with Crippen LogP contribution in [0.2, 0.25) is 0 Å². The molecule has 0 fully saturated rings. The van der Waals surface area contributed by atoms with Gasteiger partial charge in [0.25, 0.3) is 0 Å². The van der Waals surface area contributed by atoms with Crippen molar-refractivity contribution in [3.05, 3.63) is 56.1 Å². The molecule has 2 aromatic rings. The minimum atomic E-state index is -4.40. The van der Waals surface area contributed by atoms with Gasteiger partial charge in [0.05, 0.1) is 5.56 Å². The normalized spacial score (nSPS) is 11.5. The molecule has 1 aromatic heterocycles. The van der Waals surface area contributed by atoms with Crippen molar-refractivity contribution in [2.45, 2.75) is 32.5 Å². The number of thiazole rings is 1. The summed E-state index contributed by atoms with van der Waals surface area (Å²) in [6.07, 6.45) is -4.20. The first-order valence-corrected chi connectivity index (χ1v) is 8.23. The zero-order valence-corrected chi connectivity index (χ0v) is 13.8. The fourth-order valence-corrected chi connectivity index (χ4v) is 3.09. The highest BCUT2D eigenvalue weighted by Gasteiger charge is 2.32. The van der Waals surface area contributed by atoms with Gasteiger partial charge in [-0.2, -0.15) is 13.2 Å². The molecule has 8 heteroatoms. The van der Waals surface area contributed by atoms with Crippen LogP contribution in [0.4, 0.5) is 13.2 Å². The lowest BCUT2D eigenvalue weighted by atomic mass is 10.0. The quantitative estimate of drug-likeness (QED) is 0.863. The van der Waals surface area contributed by atoms with Gasteiger partial charge in [0.2, 0.25) is 5.91 Å². The van der Waals surface area contributed by atoms with Crippen molar-refractivity contribution in [3.63, 3.8) is 0 Å². The molecule has 0 aliphatic carbocycles. The Bertz CT molecular complexity index is 765. The average molecular weight is 358 g/mol. The number of halogens is 3. The van der Waals surface area contributed by atoms with Gasteiger partial charge in [-0.1, -0.05) is 29.5 Å². The molecular weight excluding hydrogens is 341 g/mol. The molecule has 24 heavy (non-hydrogen) atoms. The van der Waals surface area contributed by atoms with E-state index in [0.717, 1.165) is 23.1 Å². The molecule has 1 heterocycles. The van der Waals surface area contributed by atoms with Crippen molar-refractivity contribution in [3.8, 4) is 0 Å². The van der Waals surface area contributed by atoms with Crippen LogP contribution in [-0.4, -0.2) is 17.0 Å². The van der Waals surface area contributed by atoms with Gasteiger partial charge in [0.15, 0.2) is 0 Å². The Morgan fingerprint density at radius 2 is 2.00 bits per heavy atom. The van der Waals surface area contributed by atoms with Gasteiger partial charge in [-0.25, -0.2) is 0 Å². The molecule has 0 saturated heterocycles. The third-order valence-corrected chi connectivity index (χ3v) is 4.46. The van der Waals surface area contributed by atoms with Crippen molar-refractivity contribution in [2.75, 3.05) is 6.54 Å². The van der Waals surface area contributed by atoms with Crippen LogP contribution in [0, 0.1) is 6.92 Å². The van der Waals surface area contributed by atoms with Crippen molar-refractivity contribution < 1.29 is 18.0 Å². The second-order valence-electron chi connectivity index (χ2n) is 5.30. The number of nitrogens with one attached hydrogen (secondary N) is 1. The van der Waals surface area contributed by atoms with Crippen LogP contribution < -0.4 is 10.2 Å². The van der Waals surface area contributed by atoms with Gasteiger partial charge in [0, 0.05) is 30.6 Å². The summed E-state index contributed by atoms with van der Waals surface area (Å²) in [7, 11) is 0. The summed E-state index contributed by atoms with van der Waals surface area (Å²) in [5, 5.41) is 4.31. The van der Waals surface area contributed by atoms with E-state index in [1.807, 2.05) is 0 Å². The Morgan fingerprint density at radius 3 is 2.62 bits per heavy atom. The van der Waals surface area contributed by atoms with Gasteiger partial charge in [-0.15, -0.1) is 0 Å². The molecule has 0 atom stereocenters. The molecule has 0 radical (unpaired) electrons. The van der Waals surface area contributed by atoms with Crippen molar-refractivity contribution in [1.29, 1.82) is 0 Å². The monoisotopic (exact) mass is 358 g/mol. The Balaban J connectivity index is 1.84. The Labute approximate surface area is 140 Å². The van der Waals surface area contributed by atoms with Gasteiger partial charge in [0.1, 0.15) is 0 Å². The molecule has 0 saturated carbocycles. The molecule has 0 aliphatic rings. The summed E-state index contributed by atoms with van der Waals surface area (Å²) in [6.45, 7) is 2.16. The van der Waals surface area contributed by atoms with E-state index in [1.54, 1.807) is 12.3 Å². The maximum atomic E-state index is 12.9. The highest BCUT2D eigenvalue weighted by Crippen LogP contribution is 2.31. The Morgan fingerprint density at radius 1 is 1.29 bits per heavy atom. The Kier molecular flexibility index (Phi) is 5.82. The molecule has 1 N–H and O–H groups in total. The van der Waals surface area contributed by atoms with E-state index in [0.29, 0.717) is 0 Å². The Hall–Kier alpha value is -2.09. The van der Waals surface area contributed by atoms with Crippen molar-refractivity contribution in [1.82, 2.24) is 9.88 Å². The van der Waals surface area contributed by atoms with Crippen LogP contribution in [-0.2, 0) is 23.9 Å². The molecule has 1 amide bonds. The second-order valence-corrected chi connectivity index (χ2v) is 6.12. The zero-order chi connectivity index (χ0) is 17.7. The van der Waals surface area contributed by atoms with Gasteiger partial charge in [-0.3, -0.25) is 9.59 Å². The first-order valence-electron chi connectivity index (χ1n) is 7.36. The minimum absolute atomic E-state index is 0.0961. The van der Waals surface area contributed by atoms with E-state index in [1.165, 1.54) is 22.8 Å². The molecule has 0 aliphatic heterocycles. The van der Waals surface area contributed by atoms with Crippen LogP contribution in [0.15, 0.2) is 34.4 Å². The summed E-state index contributed by atoms with van der Waals surface area (Å²) >= 11 is 1.07. The highest BCUT2D eigenvalue weighted by atomic mass is 32.1. The number of carbonyl (C=O) groups is 1. The van der Waals surface area contributed by atoms with Crippen LogP contribution in [0.3, 0.4) is 0 Å². The average Bonchev–Trinajstić information content (AvgIpc) is 2.83. The van der Waals surface area contributed by atoms with Crippen molar-refractivity contribution >= 4 is 17.2 Å². The van der Waals surface area contributed by atoms with E-state index in [2.05, 4.69) is 5.32 Å². The van der Waals surface area contributed by atoms with E-state index in [-0.39, 0.29) is 42.3 Å². The molecule has 1 aromatic carbocycles. The lowest BCUT2D eigenvalue weighted by molar-refractivity contribution is -0.138. The maximum absolute atomic E-state index is 12.9. The molecule has 0 unspecified atom stereocenters. The van der Waals surface area contributed by atoms with Crippen molar-refractivity contribution in [2.24, 2.45) is 0 Å². The number of carbonyl (C=O) groups excluding carboxylic acids is 1. The van der Waals surface area contributed by atoms with Gasteiger partial charge >= 0.3 is 11.0 Å². The predicted octanol–water partition coefficient (Wildman–Crippen LogP) is 2.99. The first kappa shape index (κ1) is 18.3. The van der Waals surface area contributed by atoms with Crippen LogP contribution in [0.5, 0.6) is 0 Å². The number of benzene rings is 1. The molecule has 2 rings (SSSR count). The number of amides is 1. The summed E-state index contributed by atoms with van der Waals surface area (Å²) in [5.74, 6) is -0.294. The SMILES string of the molecule is Cc1csc(=O)n1CCC(=O)NCCc1ccccc1C(F)(F)F. The van der Waals surface area contributed by atoms with E-state index >= 15 is 0 Å². The fourth-order valence-electron chi connectivity index (χ4n) is 2.33. The topological polar surface area (TPSA) is 51.1 Å². The molecule has 130 valence electrons. The molecular formula is C16H17F3N2O2S. The van der Waals surface area contributed by atoms with Crippen LogP contribution in [0.25, 0.3) is 0 Å². The van der Waals surface area contributed by atoms with E-state index < -0.39 is 11.7 Å². The summed E-state index contributed by atoms with van der Waals surface area (Å²) in [5.41, 5.74) is 0.256. The third-order valence-electron chi connectivity index (χ3n) is 3.58. The summed E-state index contributed by atoms with van der Waals surface area (Å²) < 4.78 is 40.1. The predicted molar refractivity (Wildman–Crippen MR) is 86.1 cm³/mol. The zero-order valence-electron chi connectivity index (χ0n) is 13.0. The fraction of sp³-hybridized carbons (Fsp3) is 0.375. The molecule has 0 bridgehead atoms. The van der Waals surface area contributed by atoms with Gasteiger partial charge < -0.3 is 9.88 Å². The first-order chi connectivity index (χ1) is 11.3. The largest absolute Gasteiger partial charge is 0.416 e. The number of rotatable bonds is 6. The highest BCUT2D eigenvalue weighted by molar-refractivity contribution is 7.07. The lowest BCUT2D eigenvalue weighted by Crippen LogP contribution is -2.28. The van der Waals surface area contributed by atoms with Gasteiger partial charge in [-0.05, 0) is 25.0 Å². The molecule has 4 nitrogen and oxygen atoms in total. The van der Waals surface area contributed by atoms with Crippen LogP contribution in [0.1, 0.15) is 23.2 Å².